The largest absolute Gasteiger partial charge is 0.379 e. The summed E-state index contributed by atoms with van der Waals surface area (Å²) >= 11 is 0. The maximum atomic E-state index is 12.3. The van der Waals surface area contributed by atoms with Crippen molar-refractivity contribution in [2.24, 2.45) is 13.0 Å². The van der Waals surface area contributed by atoms with Crippen LogP contribution in [0.3, 0.4) is 0 Å². The monoisotopic (exact) mass is 334 g/mol. The van der Waals surface area contributed by atoms with Gasteiger partial charge in [0.25, 0.3) is 0 Å². The zero-order chi connectivity index (χ0) is 16.9. The van der Waals surface area contributed by atoms with Crippen molar-refractivity contribution in [3.63, 3.8) is 0 Å². The molecule has 0 saturated carbocycles. The highest BCUT2D eigenvalue weighted by atomic mass is 16.5. The Morgan fingerprint density at radius 3 is 2.83 bits per heavy atom. The Balaban J connectivity index is 1.43. The van der Waals surface area contributed by atoms with Gasteiger partial charge >= 0.3 is 0 Å². The molecule has 2 aliphatic heterocycles. The van der Waals surface area contributed by atoms with Crippen molar-refractivity contribution < 1.29 is 14.3 Å². The van der Waals surface area contributed by atoms with Gasteiger partial charge in [0.2, 0.25) is 11.8 Å². The van der Waals surface area contributed by atoms with Crippen molar-refractivity contribution in [2.45, 2.75) is 13.0 Å². The number of rotatable bonds is 6. The van der Waals surface area contributed by atoms with E-state index in [0.29, 0.717) is 26.1 Å². The van der Waals surface area contributed by atoms with E-state index in [2.05, 4.69) is 10.2 Å². The van der Waals surface area contributed by atoms with E-state index < -0.39 is 0 Å². The minimum atomic E-state index is -0.234. The SMILES string of the molecule is Cn1cccc1CNC(=O)C1CC(=O)N(CCN2CCOCC2)C1. The van der Waals surface area contributed by atoms with Gasteiger partial charge in [0.15, 0.2) is 0 Å². The maximum absolute atomic E-state index is 12.3. The topological polar surface area (TPSA) is 66.8 Å². The summed E-state index contributed by atoms with van der Waals surface area (Å²) in [6.45, 7) is 5.94. The summed E-state index contributed by atoms with van der Waals surface area (Å²) < 4.78 is 7.31. The molecule has 2 amide bonds. The number of hydrogen-bond acceptors (Lipinski definition) is 4. The number of nitrogens with one attached hydrogen (secondary N) is 1. The molecular weight excluding hydrogens is 308 g/mol. The van der Waals surface area contributed by atoms with Crippen LogP contribution in [0.5, 0.6) is 0 Å². The van der Waals surface area contributed by atoms with Crippen LogP contribution in [0.2, 0.25) is 0 Å². The molecule has 1 aromatic rings. The Labute approximate surface area is 142 Å². The molecule has 0 aliphatic carbocycles. The molecule has 1 unspecified atom stereocenters. The standard InChI is InChI=1S/C17H26N4O3/c1-19-4-2-3-15(19)12-18-17(23)14-11-16(22)21(13-14)6-5-20-7-9-24-10-8-20/h2-4,14H,5-13H2,1H3,(H,18,23). The number of ether oxygens (including phenoxy) is 1. The molecule has 0 spiro atoms. The highest BCUT2D eigenvalue weighted by Gasteiger charge is 2.34. The van der Waals surface area contributed by atoms with Gasteiger partial charge in [-0.15, -0.1) is 0 Å². The van der Waals surface area contributed by atoms with E-state index in [4.69, 9.17) is 4.74 Å². The lowest BCUT2D eigenvalue weighted by molar-refractivity contribution is -0.129. The lowest BCUT2D eigenvalue weighted by atomic mass is 10.1. The maximum Gasteiger partial charge on any atom is 0.225 e. The van der Waals surface area contributed by atoms with Gasteiger partial charge in [-0.3, -0.25) is 14.5 Å². The normalized spacial score (nSPS) is 22.1. The van der Waals surface area contributed by atoms with Gasteiger partial charge in [0.1, 0.15) is 0 Å². The second-order valence-electron chi connectivity index (χ2n) is 6.52. The third-order valence-corrected chi connectivity index (χ3v) is 4.87. The van der Waals surface area contributed by atoms with E-state index >= 15 is 0 Å². The van der Waals surface area contributed by atoms with E-state index in [0.717, 1.165) is 38.5 Å². The predicted octanol–water partition coefficient (Wildman–Crippen LogP) is -0.178. The number of aryl methyl sites for hydroxylation is 1. The molecule has 0 aromatic carbocycles. The van der Waals surface area contributed by atoms with Gasteiger partial charge in [0.05, 0.1) is 25.7 Å². The fourth-order valence-corrected chi connectivity index (χ4v) is 3.25. The second-order valence-corrected chi connectivity index (χ2v) is 6.52. The van der Waals surface area contributed by atoms with Gasteiger partial charge in [-0.2, -0.15) is 0 Å². The molecule has 0 bridgehead atoms. The third kappa shape index (κ3) is 4.15. The first-order chi connectivity index (χ1) is 11.6. The Hall–Kier alpha value is -1.86. The number of amides is 2. The van der Waals surface area contributed by atoms with Crippen LogP contribution in [-0.2, 0) is 27.9 Å². The van der Waals surface area contributed by atoms with Crippen LogP contribution in [0, 0.1) is 5.92 Å². The van der Waals surface area contributed by atoms with Crippen LogP contribution in [0.1, 0.15) is 12.1 Å². The number of morpholine rings is 1. The highest BCUT2D eigenvalue weighted by molar-refractivity contribution is 5.89. The van der Waals surface area contributed by atoms with E-state index in [1.54, 1.807) is 0 Å². The Bertz CT molecular complexity index is 580. The molecule has 24 heavy (non-hydrogen) atoms. The van der Waals surface area contributed by atoms with Crippen molar-refractivity contribution in [2.75, 3.05) is 45.9 Å². The number of hydrogen-bond donors (Lipinski definition) is 1. The molecule has 7 heteroatoms. The van der Waals surface area contributed by atoms with Crippen LogP contribution in [-0.4, -0.2) is 72.1 Å². The summed E-state index contributed by atoms with van der Waals surface area (Å²) in [5, 5.41) is 2.95. The molecule has 132 valence electrons. The van der Waals surface area contributed by atoms with Gasteiger partial charge < -0.3 is 19.5 Å². The predicted molar refractivity (Wildman–Crippen MR) is 89.2 cm³/mol. The van der Waals surface area contributed by atoms with E-state index in [1.165, 1.54) is 0 Å². The van der Waals surface area contributed by atoms with Crippen LogP contribution in [0.25, 0.3) is 0 Å². The first-order valence-electron chi connectivity index (χ1n) is 8.59. The Morgan fingerprint density at radius 2 is 2.12 bits per heavy atom. The van der Waals surface area contributed by atoms with Gasteiger partial charge in [-0.1, -0.05) is 0 Å². The van der Waals surface area contributed by atoms with Crippen molar-refractivity contribution in [3.05, 3.63) is 24.0 Å². The van der Waals surface area contributed by atoms with Crippen LogP contribution in [0.4, 0.5) is 0 Å². The fourth-order valence-electron chi connectivity index (χ4n) is 3.25. The lowest BCUT2D eigenvalue weighted by Gasteiger charge is -2.28. The number of carbonyl (C=O) groups is 2. The van der Waals surface area contributed by atoms with E-state index in [9.17, 15) is 9.59 Å². The van der Waals surface area contributed by atoms with Crippen molar-refractivity contribution in [3.8, 4) is 0 Å². The molecule has 1 N–H and O–H groups in total. The van der Waals surface area contributed by atoms with Crippen molar-refractivity contribution >= 4 is 11.8 Å². The lowest BCUT2D eigenvalue weighted by Crippen LogP contribution is -2.42. The third-order valence-electron chi connectivity index (χ3n) is 4.87. The van der Waals surface area contributed by atoms with Crippen molar-refractivity contribution in [1.29, 1.82) is 0 Å². The summed E-state index contributed by atoms with van der Waals surface area (Å²) in [7, 11) is 1.95. The molecule has 7 nitrogen and oxygen atoms in total. The first-order valence-corrected chi connectivity index (χ1v) is 8.59. The number of aromatic nitrogens is 1. The van der Waals surface area contributed by atoms with Gasteiger partial charge in [-0.05, 0) is 12.1 Å². The summed E-state index contributed by atoms with van der Waals surface area (Å²) in [5.41, 5.74) is 1.05. The average Bonchev–Trinajstić information content (AvgIpc) is 3.17. The molecule has 2 fully saturated rings. The van der Waals surface area contributed by atoms with Gasteiger partial charge in [0, 0.05) is 58.1 Å². The van der Waals surface area contributed by atoms with E-state index in [-0.39, 0.29) is 17.7 Å². The molecule has 0 radical (unpaired) electrons. The molecule has 3 rings (SSSR count). The quantitative estimate of drug-likeness (QED) is 0.784. The molecular formula is C17H26N4O3. The number of nitrogens with zero attached hydrogens (tertiary/aromatic N) is 3. The molecule has 1 aromatic heterocycles. The van der Waals surface area contributed by atoms with Crippen molar-refractivity contribution in [1.82, 2.24) is 19.7 Å². The van der Waals surface area contributed by atoms with E-state index in [1.807, 2.05) is 34.8 Å². The summed E-state index contributed by atoms with van der Waals surface area (Å²) in [4.78, 5) is 28.6. The second kappa shape index (κ2) is 7.81. The smallest absolute Gasteiger partial charge is 0.225 e. The molecule has 3 heterocycles. The van der Waals surface area contributed by atoms with Gasteiger partial charge in [-0.25, -0.2) is 0 Å². The zero-order valence-corrected chi connectivity index (χ0v) is 14.2. The zero-order valence-electron chi connectivity index (χ0n) is 14.2. The molecule has 2 saturated heterocycles. The molecule has 1 atom stereocenters. The van der Waals surface area contributed by atoms with Crippen LogP contribution in [0.15, 0.2) is 18.3 Å². The number of likely N-dealkylation sites (tertiary alicyclic amines) is 1. The minimum absolute atomic E-state index is 0.0292. The minimum Gasteiger partial charge on any atom is -0.379 e. The van der Waals surface area contributed by atoms with Crippen LogP contribution < -0.4 is 5.32 Å². The Morgan fingerprint density at radius 1 is 1.33 bits per heavy atom. The molecule has 2 aliphatic rings. The fraction of sp³-hybridized carbons (Fsp3) is 0.647. The highest BCUT2D eigenvalue weighted by Crippen LogP contribution is 2.18. The summed E-state index contributed by atoms with van der Waals surface area (Å²) in [6.07, 6.45) is 2.27. The summed E-state index contributed by atoms with van der Waals surface area (Å²) in [6, 6.07) is 3.93. The first kappa shape index (κ1) is 17.0. The van der Waals surface area contributed by atoms with Crippen LogP contribution >= 0.6 is 0 Å². The Kier molecular flexibility index (Phi) is 5.52. The number of carbonyl (C=O) groups excluding carboxylic acids is 2. The summed E-state index contributed by atoms with van der Waals surface area (Å²) in [5.74, 6) is -0.178. The average molecular weight is 334 g/mol.